The Balaban J connectivity index is 1.43. The molecule has 0 amide bonds. The average Bonchev–Trinajstić information content (AvgIpc) is 3.34. The van der Waals surface area contributed by atoms with Crippen LogP contribution in [-0.4, -0.2) is 18.8 Å². The fraction of sp³-hybridized carbons (Fsp3) is 0.0270. The van der Waals surface area contributed by atoms with Gasteiger partial charge in [0.15, 0.2) is 5.82 Å². The molecule has 0 bridgehead atoms. The molecule has 0 saturated heterocycles. The lowest BCUT2D eigenvalue weighted by Gasteiger charge is -2.14. The Labute approximate surface area is 235 Å². The summed E-state index contributed by atoms with van der Waals surface area (Å²) in [6, 6.07) is 47.6. The van der Waals surface area contributed by atoms with E-state index in [9.17, 15) is 0 Å². The van der Waals surface area contributed by atoms with Gasteiger partial charge in [0.2, 0.25) is 0 Å². The fourth-order valence-electron chi connectivity index (χ4n) is 6.48. The molecule has 0 N–H and O–H groups in total. The molecule has 1 atom stereocenters. The van der Waals surface area contributed by atoms with Crippen molar-refractivity contribution in [3.8, 4) is 45.0 Å². The summed E-state index contributed by atoms with van der Waals surface area (Å²) in [6.45, 7) is 2.46. The molecule has 8 rings (SSSR count). The largest absolute Gasteiger partial charge is 0.228 e. The van der Waals surface area contributed by atoms with Crippen molar-refractivity contribution in [1.29, 1.82) is 0 Å². The Kier molecular flexibility index (Phi) is 5.25. The van der Waals surface area contributed by atoms with Crippen LogP contribution in [0, 0.1) is 0 Å². The summed E-state index contributed by atoms with van der Waals surface area (Å²) in [4.78, 5) is 10.7. The summed E-state index contributed by atoms with van der Waals surface area (Å²) < 4.78 is 0. The van der Waals surface area contributed by atoms with Crippen LogP contribution in [0.15, 0.2) is 133 Å². The highest BCUT2D eigenvalue weighted by atomic mass is 28.3. The number of benzene rings is 6. The predicted molar refractivity (Wildman–Crippen MR) is 171 cm³/mol. The number of aromatic nitrogens is 2. The van der Waals surface area contributed by atoms with Crippen molar-refractivity contribution in [3.05, 3.63) is 133 Å². The first-order valence-electron chi connectivity index (χ1n) is 13.8. The highest BCUT2D eigenvalue weighted by molar-refractivity contribution is 6.91. The molecule has 7 aromatic rings. The van der Waals surface area contributed by atoms with E-state index in [0.29, 0.717) is 0 Å². The Morgan fingerprint density at radius 2 is 0.875 bits per heavy atom. The summed E-state index contributed by atoms with van der Waals surface area (Å²) >= 11 is 0. The van der Waals surface area contributed by atoms with Gasteiger partial charge in [-0.05, 0) is 43.0 Å². The maximum absolute atomic E-state index is 5.35. The van der Waals surface area contributed by atoms with Crippen molar-refractivity contribution < 1.29 is 0 Å². The van der Waals surface area contributed by atoms with E-state index in [1.54, 1.807) is 0 Å². The minimum absolute atomic E-state index is 0.785. The molecule has 1 unspecified atom stereocenters. The molecule has 188 valence electrons. The molecule has 2 nitrogen and oxygen atoms in total. The van der Waals surface area contributed by atoms with E-state index in [-0.39, 0.29) is 0 Å². The minimum atomic E-state index is -1.62. The Bertz CT molecular complexity index is 2050. The molecule has 1 aromatic heterocycles. The third-order valence-electron chi connectivity index (χ3n) is 8.32. The van der Waals surface area contributed by atoms with Gasteiger partial charge in [-0.1, -0.05) is 140 Å². The van der Waals surface area contributed by atoms with Crippen molar-refractivity contribution >= 4 is 40.7 Å². The molecule has 0 aliphatic carbocycles. The molecule has 2 heterocycles. The predicted octanol–water partition coefficient (Wildman–Crippen LogP) is 7.74. The quantitative estimate of drug-likeness (QED) is 0.174. The van der Waals surface area contributed by atoms with E-state index in [2.05, 4.69) is 134 Å². The van der Waals surface area contributed by atoms with Gasteiger partial charge < -0.3 is 0 Å². The van der Waals surface area contributed by atoms with E-state index in [4.69, 9.17) is 9.97 Å². The Morgan fingerprint density at radius 3 is 1.55 bits per heavy atom. The molecule has 1 aliphatic rings. The fourth-order valence-corrected chi connectivity index (χ4v) is 9.47. The molecule has 1 aliphatic heterocycles. The van der Waals surface area contributed by atoms with Crippen LogP contribution in [0.5, 0.6) is 0 Å². The molecule has 3 heteroatoms. The molecule has 40 heavy (non-hydrogen) atoms. The smallest absolute Gasteiger partial charge is 0.160 e. The first-order chi connectivity index (χ1) is 19.8. The van der Waals surface area contributed by atoms with Gasteiger partial charge in [-0.25, -0.2) is 9.97 Å². The van der Waals surface area contributed by atoms with Crippen LogP contribution >= 0.6 is 0 Å². The normalized spacial score (nSPS) is 13.9. The van der Waals surface area contributed by atoms with Crippen molar-refractivity contribution in [3.63, 3.8) is 0 Å². The lowest BCUT2D eigenvalue weighted by Crippen LogP contribution is -2.37. The lowest BCUT2D eigenvalue weighted by atomic mass is 9.94. The van der Waals surface area contributed by atoms with Gasteiger partial charge in [-0.3, -0.25) is 0 Å². The van der Waals surface area contributed by atoms with Crippen molar-refractivity contribution in [2.24, 2.45) is 0 Å². The van der Waals surface area contributed by atoms with Crippen LogP contribution < -0.4 is 10.4 Å². The van der Waals surface area contributed by atoms with Gasteiger partial charge in [0, 0.05) is 16.7 Å². The van der Waals surface area contributed by atoms with Crippen LogP contribution in [-0.2, 0) is 0 Å². The zero-order valence-electron chi connectivity index (χ0n) is 22.2. The number of fused-ring (bicyclic) bond motifs is 8. The zero-order valence-corrected chi connectivity index (χ0v) is 23.3. The maximum atomic E-state index is 5.35. The third-order valence-corrected chi connectivity index (χ3v) is 11.2. The summed E-state index contributed by atoms with van der Waals surface area (Å²) in [5.41, 5.74) is 8.13. The molecular formula is C37H26N2Si. The zero-order chi connectivity index (χ0) is 26.6. The van der Waals surface area contributed by atoms with Crippen molar-refractivity contribution in [2.45, 2.75) is 6.55 Å². The van der Waals surface area contributed by atoms with Gasteiger partial charge in [-0.2, -0.15) is 0 Å². The number of hydrogen-bond donors (Lipinski definition) is 0. The summed E-state index contributed by atoms with van der Waals surface area (Å²) in [7, 11) is -1.62. The van der Waals surface area contributed by atoms with Gasteiger partial charge in [0.25, 0.3) is 0 Å². The van der Waals surface area contributed by atoms with Gasteiger partial charge in [0.1, 0.15) is 8.80 Å². The summed E-state index contributed by atoms with van der Waals surface area (Å²) in [5, 5.41) is 8.11. The number of nitrogens with zero attached hydrogens (tertiary/aromatic N) is 2. The molecule has 0 fully saturated rings. The second-order valence-electron chi connectivity index (χ2n) is 10.6. The number of hydrogen-bond acceptors (Lipinski definition) is 2. The topological polar surface area (TPSA) is 25.8 Å². The molecule has 6 aromatic carbocycles. The monoisotopic (exact) mass is 526 g/mol. The maximum Gasteiger partial charge on any atom is 0.160 e. The Morgan fingerprint density at radius 1 is 0.400 bits per heavy atom. The molecular weight excluding hydrogens is 501 g/mol. The highest BCUT2D eigenvalue weighted by Gasteiger charge is 2.35. The third kappa shape index (κ3) is 3.48. The van der Waals surface area contributed by atoms with Gasteiger partial charge in [0.05, 0.1) is 11.4 Å². The van der Waals surface area contributed by atoms with Crippen LogP contribution in [0.1, 0.15) is 0 Å². The van der Waals surface area contributed by atoms with Crippen LogP contribution in [0.3, 0.4) is 0 Å². The first kappa shape index (κ1) is 23.1. The van der Waals surface area contributed by atoms with Gasteiger partial charge >= 0.3 is 0 Å². The average molecular weight is 527 g/mol. The van der Waals surface area contributed by atoms with Crippen molar-refractivity contribution in [2.75, 3.05) is 0 Å². The summed E-state index contributed by atoms with van der Waals surface area (Å²) in [5.74, 6) is 0.785. The highest BCUT2D eigenvalue weighted by Crippen LogP contribution is 2.38. The second kappa shape index (κ2) is 9.11. The first-order valence-corrected chi connectivity index (χ1v) is 16.2. The van der Waals surface area contributed by atoms with E-state index in [1.165, 1.54) is 48.6 Å². The van der Waals surface area contributed by atoms with E-state index >= 15 is 0 Å². The molecule has 0 saturated carbocycles. The molecule has 0 spiro atoms. The summed E-state index contributed by atoms with van der Waals surface area (Å²) in [6.07, 6.45) is 0. The van der Waals surface area contributed by atoms with E-state index in [0.717, 1.165) is 28.3 Å². The van der Waals surface area contributed by atoms with Crippen LogP contribution in [0.2, 0.25) is 6.55 Å². The van der Waals surface area contributed by atoms with Crippen molar-refractivity contribution in [1.82, 2.24) is 9.97 Å². The van der Waals surface area contributed by atoms with Crippen LogP contribution in [0.4, 0.5) is 0 Å². The minimum Gasteiger partial charge on any atom is -0.228 e. The SMILES string of the molecule is C[SiH]1c2c(-c3ccc(-c4ccccc4)cc3)nc(-c3ccccc3)nc2-c2c1c1ccccc1c1ccccc21. The van der Waals surface area contributed by atoms with Crippen LogP contribution in [0.25, 0.3) is 66.6 Å². The number of rotatable bonds is 3. The Hall–Kier alpha value is -4.86. The second-order valence-corrected chi connectivity index (χ2v) is 13.2. The standard InChI is InChI=1S/C37H26N2Si/c1-40-35-31-19-11-9-17-29(31)28-16-8-10-18-30(28)32(35)34-36(40)33(38-37(39-34)27-14-6-3-7-15-27)26-22-20-25(21-23-26)24-12-4-2-5-13-24/h2-23,40H,1H3. The lowest BCUT2D eigenvalue weighted by molar-refractivity contribution is 1.20. The van der Waals surface area contributed by atoms with E-state index < -0.39 is 8.80 Å². The van der Waals surface area contributed by atoms with Gasteiger partial charge in [-0.15, -0.1) is 0 Å². The van der Waals surface area contributed by atoms with E-state index in [1.807, 2.05) is 6.07 Å². The molecule has 0 radical (unpaired) electrons.